The van der Waals surface area contributed by atoms with Gasteiger partial charge in [-0.1, -0.05) is 19.8 Å². The van der Waals surface area contributed by atoms with Crippen LogP contribution in [0.5, 0.6) is 0 Å². The lowest BCUT2D eigenvalue weighted by Crippen LogP contribution is -2.51. The zero-order valence-electron chi connectivity index (χ0n) is 11.5. The SMILES string of the molecule is CCC(O)CN1CCN(C(=O)C2CCCC2)CC1. The van der Waals surface area contributed by atoms with Crippen molar-refractivity contribution in [2.45, 2.75) is 45.1 Å². The molecule has 2 fully saturated rings. The number of carbonyl (C=O) groups is 1. The van der Waals surface area contributed by atoms with E-state index in [2.05, 4.69) is 4.90 Å². The molecule has 0 radical (unpaired) electrons. The first-order chi connectivity index (χ1) is 8.70. The summed E-state index contributed by atoms with van der Waals surface area (Å²) < 4.78 is 0. The van der Waals surface area contributed by atoms with Crippen molar-refractivity contribution >= 4 is 5.91 Å². The van der Waals surface area contributed by atoms with E-state index in [1.807, 2.05) is 11.8 Å². The van der Waals surface area contributed by atoms with Gasteiger partial charge < -0.3 is 10.0 Å². The predicted octanol–water partition coefficient (Wildman–Crippen LogP) is 1.09. The molecule has 0 aromatic rings. The van der Waals surface area contributed by atoms with Gasteiger partial charge in [0, 0.05) is 38.6 Å². The summed E-state index contributed by atoms with van der Waals surface area (Å²) in [6.45, 7) is 6.26. The molecule has 4 heteroatoms. The summed E-state index contributed by atoms with van der Waals surface area (Å²) in [6.07, 6.45) is 5.21. The van der Waals surface area contributed by atoms with Crippen LogP contribution >= 0.6 is 0 Å². The van der Waals surface area contributed by atoms with Crippen molar-refractivity contribution in [1.29, 1.82) is 0 Å². The molecule has 1 unspecified atom stereocenters. The highest BCUT2D eigenvalue weighted by molar-refractivity contribution is 5.79. The highest BCUT2D eigenvalue weighted by Crippen LogP contribution is 2.26. The highest BCUT2D eigenvalue weighted by Gasteiger charge is 2.29. The molecule has 0 bridgehead atoms. The number of rotatable bonds is 4. The Morgan fingerprint density at radius 1 is 1.22 bits per heavy atom. The molecule has 0 spiro atoms. The van der Waals surface area contributed by atoms with E-state index in [9.17, 15) is 9.90 Å². The van der Waals surface area contributed by atoms with Crippen LogP contribution < -0.4 is 0 Å². The van der Waals surface area contributed by atoms with Gasteiger partial charge in [0.2, 0.25) is 5.91 Å². The molecule has 1 aliphatic heterocycles. The maximum absolute atomic E-state index is 12.2. The lowest BCUT2D eigenvalue weighted by molar-refractivity contribution is -0.137. The van der Waals surface area contributed by atoms with E-state index in [-0.39, 0.29) is 6.10 Å². The third kappa shape index (κ3) is 3.45. The number of hydrogen-bond donors (Lipinski definition) is 1. The van der Waals surface area contributed by atoms with Crippen LogP contribution in [-0.2, 0) is 4.79 Å². The standard InChI is InChI=1S/C14H26N2O2/c1-2-13(17)11-15-7-9-16(10-8-15)14(18)12-5-3-4-6-12/h12-13,17H,2-11H2,1H3. The molecule has 0 aromatic heterocycles. The first-order valence-corrected chi connectivity index (χ1v) is 7.40. The second-order valence-electron chi connectivity index (χ2n) is 5.67. The Hall–Kier alpha value is -0.610. The molecule has 1 heterocycles. The van der Waals surface area contributed by atoms with Gasteiger partial charge in [-0.05, 0) is 19.3 Å². The van der Waals surface area contributed by atoms with Gasteiger partial charge in [-0.15, -0.1) is 0 Å². The quantitative estimate of drug-likeness (QED) is 0.817. The lowest BCUT2D eigenvalue weighted by Gasteiger charge is -2.36. The van der Waals surface area contributed by atoms with Crippen molar-refractivity contribution in [2.75, 3.05) is 32.7 Å². The minimum Gasteiger partial charge on any atom is -0.392 e. The zero-order chi connectivity index (χ0) is 13.0. The third-order valence-corrected chi connectivity index (χ3v) is 4.33. The van der Waals surface area contributed by atoms with Crippen LogP contribution in [0.3, 0.4) is 0 Å². The lowest BCUT2D eigenvalue weighted by atomic mass is 10.1. The van der Waals surface area contributed by atoms with E-state index in [0.29, 0.717) is 11.8 Å². The first kappa shape index (κ1) is 13.8. The van der Waals surface area contributed by atoms with Crippen LogP contribution in [0.15, 0.2) is 0 Å². The van der Waals surface area contributed by atoms with Gasteiger partial charge in [0.05, 0.1) is 6.10 Å². The number of piperazine rings is 1. The Balaban J connectivity index is 1.74. The summed E-state index contributed by atoms with van der Waals surface area (Å²) in [4.78, 5) is 16.5. The summed E-state index contributed by atoms with van der Waals surface area (Å²) in [5.41, 5.74) is 0. The van der Waals surface area contributed by atoms with Gasteiger partial charge in [0.1, 0.15) is 0 Å². The Kier molecular flexibility index (Phi) is 5.01. The van der Waals surface area contributed by atoms with Crippen LogP contribution in [0.25, 0.3) is 0 Å². The second-order valence-corrected chi connectivity index (χ2v) is 5.67. The molecule has 2 aliphatic rings. The average molecular weight is 254 g/mol. The summed E-state index contributed by atoms with van der Waals surface area (Å²) >= 11 is 0. The largest absolute Gasteiger partial charge is 0.392 e. The average Bonchev–Trinajstić information content (AvgIpc) is 2.92. The second kappa shape index (κ2) is 6.53. The van der Waals surface area contributed by atoms with Crippen LogP contribution in [0.2, 0.25) is 0 Å². The van der Waals surface area contributed by atoms with E-state index in [0.717, 1.165) is 52.0 Å². The van der Waals surface area contributed by atoms with Crippen molar-refractivity contribution in [2.24, 2.45) is 5.92 Å². The fourth-order valence-corrected chi connectivity index (χ4v) is 3.01. The Morgan fingerprint density at radius 3 is 2.39 bits per heavy atom. The minimum absolute atomic E-state index is 0.220. The van der Waals surface area contributed by atoms with E-state index >= 15 is 0 Å². The molecule has 18 heavy (non-hydrogen) atoms. The fraction of sp³-hybridized carbons (Fsp3) is 0.929. The Morgan fingerprint density at radius 2 is 1.83 bits per heavy atom. The highest BCUT2D eigenvalue weighted by atomic mass is 16.3. The number of hydrogen-bond acceptors (Lipinski definition) is 3. The summed E-state index contributed by atoms with van der Waals surface area (Å²) in [7, 11) is 0. The monoisotopic (exact) mass is 254 g/mol. The summed E-state index contributed by atoms with van der Waals surface area (Å²) in [5, 5.41) is 9.64. The van der Waals surface area contributed by atoms with Crippen molar-refractivity contribution in [3.05, 3.63) is 0 Å². The Labute approximate surface area is 110 Å². The van der Waals surface area contributed by atoms with Gasteiger partial charge in [-0.2, -0.15) is 0 Å². The van der Waals surface area contributed by atoms with Gasteiger partial charge in [-0.3, -0.25) is 9.69 Å². The summed E-state index contributed by atoms with van der Waals surface area (Å²) in [6, 6.07) is 0. The van der Waals surface area contributed by atoms with Gasteiger partial charge in [0.15, 0.2) is 0 Å². The molecule has 1 amide bonds. The molecular weight excluding hydrogens is 228 g/mol. The molecule has 0 aromatic carbocycles. The molecule has 2 rings (SSSR count). The van der Waals surface area contributed by atoms with Crippen LogP contribution in [0.1, 0.15) is 39.0 Å². The molecule has 1 atom stereocenters. The molecule has 1 aliphatic carbocycles. The smallest absolute Gasteiger partial charge is 0.225 e. The molecule has 104 valence electrons. The number of nitrogens with zero attached hydrogens (tertiary/aromatic N) is 2. The molecule has 1 saturated carbocycles. The predicted molar refractivity (Wildman–Crippen MR) is 71.3 cm³/mol. The topological polar surface area (TPSA) is 43.8 Å². The van der Waals surface area contributed by atoms with Gasteiger partial charge >= 0.3 is 0 Å². The van der Waals surface area contributed by atoms with Gasteiger partial charge in [0.25, 0.3) is 0 Å². The van der Waals surface area contributed by atoms with Crippen molar-refractivity contribution < 1.29 is 9.90 Å². The molecule has 1 saturated heterocycles. The fourth-order valence-electron chi connectivity index (χ4n) is 3.01. The van der Waals surface area contributed by atoms with Crippen LogP contribution in [0, 0.1) is 5.92 Å². The maximum atomic E-state index is 12.2. The third-order valence-electron chi connectivity index (χ3n) is 4.33. The summed E-state index contributed by atoms with van der Waals surface area (Å²) in [5.74, 6) is 0.681. The molecule has 4 nitrogen and oxygen atoms in total. The van der Waals surface area contributed by atoms with E-state index in [1.54, 1.807) is 0 Å². The molecular formula is C14H26N2O2. The maximum Gasteiger partial charge on any atom is 0.225 e. The number of carbonyl (C=O) groups excluding carboxylic acids is 1. The van der Waals surface area contributed by atoms with E-state index in [1.165, 1.54) is 12.8 Å². The zero-order valence-corrected chi connectivity index (χ0v) is 11.5. The van der Waals surface area contributed by atoms with Crippen LogP contribution in [0.4, 0.5) is 0 Å². The van der Waals surface area contributed by atoms with Crippen molar-refractivity contribution in [3.63, 3.8) is 0 Å². The number of aliphatic hydroxyl groups is 1. The minimum atomic E-state index is -0.220. The first-order valence-electron chi connectivity index (χ1n) is 7.40. The normalized spacial score (nSPS) is 24.4. The number of aliphatic hydroxyl groups excluding tert-OH is 1. The van der Waals surface area contributed by atoms with Crippen molar-refractivity contribution in [3.8, 4) is 0 Å². The number of β-amino-alcohol motifs (C(OH)–C–C–N with tert-alkyl or cyclic N) is 1. The number of amides is 1. The van der Waals surface area contributed by atoms with Crippen LogP contribution in [-0.4, -0.2) is 59.6 Å². The Bertz CT molecular complexity index is 269. The van der Waals surface area contributed by atoms with Crippen molar-refractivity contribution in [1.82, 2.24) is 9.80 Å². The van der Waals surface area contributed by atoms with E-state index < -0.39 is 0 Å². The van der Waals surface area contributed by atoms with Gasteiger partial charge in [-0.25, -0.2) is 0 Å². The van der Waals surface area contributed by atoms with E-state index in [4.69, 9.17) is 0 Å². The molecule has 1 N–H and O–H groups in total.